The summed E-state index contributed by atoms with van der Waals surface area (Å²) in [6.45, 7) is 11.1. The number of rotatable bonds is 5. The lowest BCUT2D eigenvalue weighted by molar-refractivity contribution is 0.164. The summed E-state index contributed by atoms with van der Waals surface area (Å²) >= 11 is 6.38. The Morgan fingerprint density at radius 3 is 2.80 bits per heavy atom. The summed E-state index contributed by atoms with van der Waals surface area (Å²) in [6, 6.07) is 6.94. The fourth-order valence-electron chi connectivity index (χ4n) is 2.87. The van der Waals surface area contributed by atoms with Gasteiger partial charge in [-0.05, 0) is 69.8 Å². The smallest absolute Gasteiger partial charge is 0.0453 e. The van der Waals surface area contributed by atoms with E-state index in [0.29, 0.717) is 6.04 Å². The van der Waals surface area contributed by atoms with Crippen LogP contribution in [0.4, 0.5) is 0 Å². The maximum atomic E-state index is 6.38. The van der Waals surface area contributed by atoms with E-state index >= 15 is 0 Å². The molecule has 1 atom stereocenters. The van der Waals surface area contributed by atoms with Crippen LogP contribution >= 0.6 is 11.6 Å². The number of nitrogens with zero attached hydrogens (tertiary/aromatic N) is 1. The summed E-state index contributed by atoms with van der Waals surface area (Å²) in [5, 5.41) is 4.41. The standard InChI is InChI=1S/C17H27ClN2/c1-13(2)20(11-15-5-4-8-19-10-15)12-16-7-6-14(3)9-17(16)18/h6-7,9,13,15,19H,4-5,8,10-12H2,1-3H3. The van der Waals surface area contributed by atoms with Gasteiger partial charge >= 0.3 is 0 Å². The van der Waals surface area contributed by atoms with Gasteiger partial charge in [-0.1, -0.05) is 23.7 Å². The van der Waals surface area contributed by atoms with Crippen molar-refractivity contribution in [1.29, 1.82) is 0 Å². The average molecular weight is 295 g/mol. The molecule has 3 heteroatoms. The third-order valence-electron chi connectivity index (χ3n) is 4.20. The lowest BCUT2D eigenvalue weighted by Crippen LogP contribution is -2.40. The molecule has 0 radical (unpaired) electrons. The molecule has 1 saturated heterocycles. The molecule has 2 rings (SSSR count). The van der Waals surface area contributed by atoms with E-state index in [0.717, 1.165) is 30.6 Å². The second kappa shape index (κ2) is 7.44. The van der Waals surface area contributed by atoms with Gasteiger partial charge in [0.15, 0.2) is 0 Å². The third kappa shape index (κ3) is 4.47. The Morgan fingerprint density at radius 2 is 2.20 bits per heavy atom. The largest absolute Gasteiger partial charge is 0.316 e. The van der Waals surface area contributed by atoms with Crippen LogP contribution in [0, 0.1) is 12.8 Å². The van der Waals surface area contributed by atoms with Crippen molar-refractivity contribution in [2.45, 2.75) is 46.2 Å². The normalized spacial score (nSPS) is 19.8. The van der Waals surface area contributed by atoms with Crippen molar-refractivity contribution in [2.75, 3.05) is 19.6 Å². The molecule has 0 saturated carbocycles. The van der Waals surface area contributed by atoms with E-state index in [1.807, 2.05) is 0 Å². The zero-order valence-corrected chi connectivity index (χ0v) is 13.7. The maximum absolute atomic E-state index is 6.38. The van der Waals surface area contributed by atoms with Gasteiger partial charge in [0.25, 0.3) is 0 Å². The molecule has 0 aromatic heterocycles. The van der Waals surface area contributed by atoms with Gasteiger partial charge in [-0.3, -0.25) is 4.90 Å². The molecule has 1 aromatic rings. The molecule has 1 unspecified atom stereocenters. The van der Waals surface area contributed by atoms with Crippen molar-refractivity contribution < 1.29 is 0 Å². The van der Waals surface area contributed by atoms with Gasteiger partial charge in [0.05, 0.1) is 0 Å². The van der Waals surface area contributed by atoms with Gasteiger partial charge < -0.3 is 5.32 Å². The predicted octanol–water partition coefficient (Wildman–Crippen LogP) is 3.86. The van der Waals surface area contributed by atoms with Crippen LogP contribution in [0.1, 0.15) is 37.8 Å². The number of hydrogen-bond donors (Lipinski definition) is 1. The van der Waals surface area contributed by atoms with Crippen LogP contribution in [0.25, 0.3) is 0 Å². The fourth-order valence-corrected chi connectivity index (χ4v) is 3.16. The highest BCUT2D eigenvalue weighted by atomic mass is 35.5. The van der Waals surface area contributed by atoms with Crippen molar-refractivity contribution in [3.05, 3.63) is 34.3 Å². The van der Waals surface area contributed by atoms with E-state index in [9.17, 15) is 0 Å². The van der Waals surface area contributed by atoms with Crippen LogP contribution in [-0.4, -0.2) is 30.6 Å². The van der Waals surface area contributed by atoms with Gasteiger partial charge in [-0.15, -0.1) is 0 Å². The highest BCUT2D eigenvalue weighted by molar-refractivity contribution is 6.31. The molecule has 1 heterocycles. The van der Waals surface area contributed by atoms with Gasteiger partial charge in [-0.25, -0.2) is 0 Å². The van der Waals surface area contributed by atoms with Crippen molar-refractivity contribution in [1.82, 2.24) is 10.2 Å². The van der Waals surface area contributed by atoms with E-state index in [-0.39, 0.29) is 0 Å². The molecule has 0 bridgehead atoms. The summed E-state index contributed by atoms with van der Waals surface area (Å²) in [6.07, 6.45) is 2.65. The van der Waals surface area contributed by atoms with Crippen LogP contribution in [0.2, 0.25) is 5.02 Å². The minimum absolute atomic E-state index is 0.550. The minimum Gasteiger partial charge on any atom is -0.316 e. The zero-order chi connectivity index (χ0) is 14.5. The van der Waals surface area contributed by atoms with E-state index in [1.165, 1.54) is 30.5 Å². The van der Waals surface area contributed by atoms with E-state index in [2.05, 4.69) is 49.2 Å². The Kier molecular flexibility index (Phi) is 5.88. The molecule has 1 aromatic carbocycles. The lowest BCUT2D eigenvalue weighted by atomic mass is 9.98. The summed E-state index contributed by atoms with van der Waals surface area (Å²) in [5.41, 5.74) is 2.47. The summed E-state index contributed by atoms with van der Waals surface area (Å²) < 4.78 is 0. The Labute approximate surface area is 128 Å². The average Bonchev–Trinajstić information content (AvgIpc) is 2.42. The molecule has 112 valence electrons. The maximum Gasteiger partial charge on any atom is 0.0453 e. The lowest BCUT2D eigenvalue weighted by Gasteiger charge is -2.33. The minimum atomic E-state index is 0.550. The molecule has 1 aliphatic heterocycles. The number of halogens is 1. The highest BCUT2D eigenvalue weighted by Crippen LogP contribution is 2.22. The molecule has 0 amide bonds. The molecule has 1 fully saturated rings. The molecule has 1 aliphatic rings. The zero-order valence-electron chi connectivity index (χ0n) is 13.0. The number of piperidine rings is 1. The number of benzene rings is 1. The Balaban J connectivity index is 2.01. The van der Waals surface area contributed by atoms with E-state index in [1.54, 1.807) is 0 Å². The van der Waals surface area contributed by atoms with Crippen LogP contribution in [-0.2, 0) is 6.54 Å². The van der Waals surface area contributed by atoms with Crippen LogP contribution in [0.5, 0.6) is 0 Å². The topological polar surface area (TPSA) is 15.3 Å². The second-order valence-electron chi connectivity index (χ2n) is 6.33. The quantitative estimate of drug-likeness (QED) is 0.887. The summed E-state index contributed by atoms with van der Waals surface area (Å²) in [5.74, 6) is 0.773. The molecule has 0 aliphatic carbocycles. The summed E-state index contributed by atoms with van der Waals surface area (Å²) in [7, 11) is 0. The van der Waals surface area contributed by atoms with Crippen LogP contribution in [0.15, 0.2) is 18.2 Å². The van der Waals surface area contributed by atoms with Crippen molar-refractivity contribution >= 4 is 11.6 Å². The Morgan fingerprint density at radius 1 is 1.40 bits per heavy atom. The van der Waals surface area contributed by atoms with E-state index in [4.69, 9.17) is 11.6 Å². The van der Waals surface area contributed by atoms with Gasteiger partial charge in [-0.2, -0.15) is 0 Å². The van der Waals surface area contributed by atoms with E-state index < -0.39 is 0 Å². The molecular formula is C17H27ClN2. The monoisotopic (exact) mass is 294 g/mol. The third-order valence-corrected chi connectivity index (χ3v) is 4.56. The Bertz CT molecular complexity index is 425. The first-order valence-electron chi connectivity index (χ1n) is 7.76. The number of hydrogen-bond acceptors (Lipinski definition) is 2. The first-order chi connectivity index (χ1) is 9.56. The van der Waals surface area contributed by atoms with Crippen molar-refractivity contribution in [3.8, 4) is 0 Å². The fraction of sp³-hybridized carbons (Fsp3) is 0.647. The molecule has 1 N–H and O–H groups in total. The van der Waals surface area contributed by atoms with Crippen molar-refractivity contribution in [3.63, 3.8) is 0 Å². The summed E-state index contributed by atoms with van der Waals surface area (Å²) in [4.78, 5) is 2.55. The number of aryl methyl sites for hydroxylation is 1. The van der Waals surface area contributed by atoms with Gasteiger partial charge in [0.2, 0.25) is 0 Å². The molecule has 0 spiro atoms. The molecule has 2 nitrogen and oxygen atoms in total. The first-order valence-corrected chi connectivity index (χ1v) is 8.14. The van der Waals surface area contributed by atoms with Gasteiger partial charge in [0.1, 0.15) is 0 Å². The number of nitrogens with one attached hydrogen (secondary N) is 1. The molecule has 20 heavy (non-hydrogen) atoms. The highest BCUT2D eigenvalue weighted by Gasteiger charge is 2.19. The van der Waals surface area contributed by atoms with Crippen molar-refractivity contribution in [2.24, 2.45) is 5.92 Å². The first kappa shape index (κ1) is 15.8. The molecular weight excluding hydrogens is 268 g/mol. The SMILES string of the molecule is Cc1ccc(CN(CC2CCCNC2)C(C)C)c(Cl)c1. The second-order valence-corrected chi connectivity index (χ2v) is 6.74. The van der Waals surface area contributed by atoms with Crippen LogP contribution in [0.3, 0.4) is 0 Å². The van der Waals surface area contributed by atoms with Gasteiger partial charge in [0, 0.05) is 24.2 Å². The van der Waals surface area contributed by atoms with Crippen LogP contribution < -0.4 is 5.32 Å². The Hall–Kier alpha value is -0.570. The predicted molar refractivity (Wildman–Crippen MR) is 87.3 cm³/mol.